The van der Waals surface area contributed by atoms with Crippen LogP contribution < -0.4 is 17.0 Å². The lowest BCUT2D eigenvalue weighted by molar-refractivity contribution is -0.0483. The van der Waals surface area contributed by atoms with Gasteiger partial charge in [0.2, 0.25) is 5.95 Å². The fourth-order valence-corrected chi connectivity index (χ4v) is 9.21. The van der Waals surface area contributed by atoms with Crippen LogP contribution >= 0.6 is 25.0 Å². The number of H-pyrrole nitrogens is 1. The van der Waals surface area contributed by atoms with Gasteiger partial charge in [-0.15, -0.1) is 0 Å². The zero-order chi connectivity index (χ0) is 32.5. The van der Waals surface area contributed by atoms with Gasteiger partial charge in [0.05, 0.1) is 24.4 Å². The third-order valence-corrected chi connectivity index (χ3v) is 11.5. The second-order valence-corrected chi connectivity index (χ2v) is 16.6. The number of nitrogens with zero attached hydrogens (tertiary/aromatic N) is 6. The number of anilines is 2. The summed E-state index contributed by atoms with van der Waals surface area (Å²) in [6, 6.07) is 0. The first kappa shape index (κ1) is 32.3. The molecule has 248 valence electrons. The zero-order valence-corrected chi connectivity index (χ0v) is 27.4. The highest BCUT2D eigenvalue weighted by molar-refractivity contribution is 8.07. The molecule has 3 fully saturated rings. The Morgan fingerprint density at radius 2 is 1.78 bits per heavy atom. The van der Waals surface area contributed by atoms with E-state index in [1.165, 1.54) is 24.3 Å². The van der Waals surface area contributed by atoms with E-state index < -0.39 is 81.2 Å². The van der Waals surface area contributed by atoms with Crippen LogP contribution in [0.25, 0.3) is 22.2 Å². The average Bonchev–Trinajstić information content (AvgIpc) is 3.75. The molecule has 2 bridgehead atoms. The quantitative estimate of drug-likeness (QED) is 0.177. The lowest BCUT2D eigenvalue weighted by Gasteiger charge is -2.27. The van der Waals surface area contributed by atoms with Crippen LogP contribution in [0, 0.1) is 0 Å². The Hall–Kier alpha value is -2.21. The molecule has 3 saturated heterocycles. The van der Waals surface area contributed by atoms with E-state index in [2.05, 4.69) is 29.3 Å². The smallest absolute Gasteiger partial charge is 0.325 e. The maximum absolute atomic E-state index is 16.1. The van der Waals surface area contributed by atoms with Gasteiger partial charge in [0.25, 0.3) is 5.56 Å². The van der Waals surface area contributed by atoms with Gasteiger partial charge in [-0.25, -0.2) is 24.3 Å². The third-order valence-electron chi connectivity index (χ3n) is 7.46. The number of aromatic amines is 1. The van der Waals surface area contributed by atoms with Crippen LogP contribution in [-0.2, 0) is 55.9 Å². The summed E-state index contributed by atoms with van der Waals surface area (Å²) in [7, 11) is 1.35. The number of nitrogens with one attached hydrogen (secondary N) is 1. The van der Waals surface area contributed by atoms with Gasteiger partial charge < -0.3 is 44.5 Å². The Kier molecular flexibility index (Phi) is 8.46. The number of fused-ring (bicyclic) bond motifs is 5. The molecule has 0 aromatic carbocycles. The third kappa shape index (κ3) is 5.77. The van der Waals surface area contributed by atoms with Gasteiger partial charge in [-0.3, -0.25) is 23.4 Å². The fourth-order valence-electron chi connectivity index (χ4n) is 5.48. The van der Waals surface area contributed by atoms with E-state index in [1.807, 2.05) is 0 Å². The van der Waals surface area contributed by atoms with Crippen molar-refractivity contribution < 1.29 is 46.5 Å². The molecule has 0 aliphatic carbocycles. The second kappa shape index (κ2) is 12.0. The van der Waals surface area contributed by atoms with Crippen molar-refractivity contribution in [2.24, 2.45) is 0 Å². The normalized spacial score (nSPS) is 37.1. The zero-order valence-electron chi connectivity index (χ0n) is 23.2. The van der Waals surface area contributed by atoms with Crippen LogP contribution in [0.15, 0.2) is 17.4 Å². The van der Waals surface area contributed by atoms with Gasteiger partial charge in [-0.1, -0.05) is 0 Å². The number of halogens is 1. The summed E-state index contributed by atoms with van der Waals surface area (Å²) in [6.45, 7) is -9.38. The Morgan fingerprint density at radius 1 is 1.07 bits per heavy atom. The molecular formula is C21H24FN9O10P2S3. The topological polar surface area (TPSA) is 259 Å². The molecule has 0 saturated carbocycles. The Balaban J connectivity index is 1.22. The lowest BCUT2D eigenvalue weighted by atomic mass is 10.1. The van der Waals surface area contributed by atoms with Crippen LogP contribution in [0.5, 0.6) is 0 Å². The highest BCUT2D eigenvalue weighted by Gasteiger charge is 2.54. The van der Waals surface area contributed by atoms with Crippen LogP contribution in [0.4, 0.5) is 16.2 Å². The van der Waals surface area contributed by atoms with Gasteiger partial charge >= 0.3 is 13.4 Å². The Labute approximate surface area is 271 Å². The predicted octanol–water partition coefficient (Wildman–Crippen LogP) is 0.325. The van der Waals surface area contributed by atoms with Gasteiger partial charge in [0.15, 0.2) is 29.4 Å². The van der Waals surface area contributed by atoms with Crippen LogP contribution in [0.1, 0.15) is 17.2 Å². The van der Waals surface area contributed by atoms with Crippen LogP contribution in [-0.4, -0.2) is 101 Å². The number of methoxy groups -OCH3 is 1. The molecule has 19 nitrogen and oxygen atoms in total. The first-order valence-electron chi connectivity index (χ1n) is 13.2. The van der Waals surface area contributed by atoms with Crippen molar-refractivity contribution >= 4 is 82.5 Å². The minimum atomic E-state index is -4.21. The molecule has 4 aromatic heterocycles. The minimum absolute atomic E-state index is 0.00173. The molecule has 3 aliphatic heterocycles. The largest absolute Gasteiger partial charge is 0.382 e. The number of aromatic nitrogens is 7. The second-order valence-electron chi connectivity index (χ2n) is 10.3. The number of rotatable bonds is 3. The molecular weight excluding hydrogens is 715 g/mol. The molecule has 7 N–H and O–H groups in total. The van der Waals surface area contributed by atoms with Crippen molar-refractivity contribution in [3.63, 3.8) is 0 Å². The number of imidazole rings is 1. The van der Waals surface area contributed by atoms with Gasteiger partial charge in [0, 0.05) is 7.11 Å². The fraction of sp³-hybridized carbons (Fsp3) is 0.524. The van der Waals surface area contributed by atoms with Crippen LogP contribution in [0.2, 0.25) is 0 Å². The standard InChI is InChI=1S/C21H24FN9O10P2S3/c1-35-13-7-3-37-42(33,44)40-12-6(39-20(8(12)22)31-5-27-11-17(23)25-4-26-18(11)31)2-36-43(34,45)41-14(13)15(38-7)16-9-10(30-46-16)19(32)29-21(24)28-9/h4-8,12-15,20H,2-3H2,1H3,(H,33,44)(H,34,45)(H2,23,25,26)(H3,24,28,29,32)/t6-,7-,8-,12-,13-,14-,15-,20-,42?,43?/m1/s1. The monoisotopic (exact) mass is 739 g/mol. The molecule has 0 amide bonds. The summed E-state index contributed by atoms with van der Waals surface area (Å²) in [5.74, 6) is -0.0952. The number of nitrogens with two attached hydrogens (primary N) is 2. The SMILES string of the molecule is CO[C@H]1[C@H]2OP(O)(=S)OC[C@H]3O[C@@H](n4cnc5c(N)ncnc54)[C@H](F)[C@@H]3OP(O)(=S)OC[C@H]1O[C@H]2c1snc2c(=O)[nH]c(N)nc12. The highest BCUT2D eigenvalue weighted by atomic mass is 32.5. The first-order valence-corrected chi connectivity index (χ1v) is 19.2. The minimum Gasteiger partial charge on any atom is -0.382 e. The highest BCUT2D eigenvalue weighted by Crippen LogP contribution is 2.55. The predicted molar refractivity (Wildman–Crippen MR) is 164 cm³/mol. The van der Waals surface area contributed by atoms with E-state index in [0.29, 0.717) is 4.88 Å². The summed E-state index contributed by atoms with van der Waals surface area (Å²) >= 11 is 11.5. The first-order chi connectivity index (χ1) is 21.9. The molecule has 10 atom stereocenters. The van der Waals surface area contributed by atoms with E-state index in [1.54, 1.807) is 0 Å². The summed E-state index contributed by atoms with van der Waals surface area (Å²) in [6.07, 6.45) is -8.06. The molecule has 25 heteroatoms. The summed E-state index contributed by atoms with van der Waals surface area (Å²) < 4.78 is 62.2. The number of nitrogen functional groups attached to an aromatic ring is 2. The Morgan fingerprint density at radius 3 is 2.52 bits per heavy atom. The van der Waals surface area contributed by atoms with Crippen molar-refractivity contribution in [1.82, 2.24) is 33.9 Å². The number of ether oxygens (including phenoxy) is 3. The molecule has 7 rings (SSSR count). The van der Waals surface area contributed by atoms with Gasteiger partial charge in [-0.2, -0.15) is 4.37 Å². The van der Waals surface area contributed by atoms with Crippen molar-refractivity contribution in [2.75, 3.05) is 31.8 Å². The summed E-state index contributed by atoms with van der Waals surface area (Å²) in [4.78, 5) is 53.7. The molecule has 7 heterocycles. The van der Waals surface area contributed by atoms with E-state index in [0.717, 1.165) is 11.5 Å². The Bertz CT molecular complexity index is 1970. The molecule has 4 aromatic rings. The molecule has 3 aliphatic rings. The maximum atomic E-state index is 16.1. The van der Waals surface area contributed by atoms with E-state index in [-0.39, 0.29) is 34.0 Å². The van der Waals surface area contributed by atoms with E-state index >= 15 is 4.39 Å². The van der Waals surface area contributed by atoms with Crippen molar-refractivity contribution in [2.45, 2.75) is 49.0 Å². The molecule has 0 spiro atoms. The number of alkyl halides is 1. The van der Waals surface area contributed by atoms with E-state index in [4.69, 9.17) is 67.4 Å². The van der Waals surface area contributed by atoms with Gasteiger partial charge in [-0.05, 0) is 35.1 Å². The maximum Gasteiger partial charge on any atom is 0.325 e. The lowest BCUT2D eigenvalue weighted by Crippen LogP contribution is -2.36. The van der Waals surface area contributed by atoms with Gasteiger partial charge in [0.1, 0.15) is 54.0 Å². The molecule has 0 radical (unpaired) electrons. The summed E-state index contributed by atoms with van der Waals surface area (Å²) in [5, 5.41) is 0. The summed E-state index contributed by atoms with van der Waals surface area (Å²) in [5.41, 5.74) is 11.6. The average molecular weight is 740 g/mol. The van der Waals surface area contributed by atoms with Crippen molar-refractivity contribution in [1.29, 1.82) is 0 Å². The number of hydrogen-bond acceptors (Lipinski definition) is 18. The molecule has 46 heavy (non-hydrogen) atoms. The van der Waals surface area contributed by atoms with Crippen molar-refractivity contribution in [3.05, 3.63) is 27.9 Å². The molecule has 2 unspecified atom stereocenters. The number of hydrogen-bond donors (Lipinski definition) is 5. The van der Waals surface area contributed by atoms with Crippen molar-refractivity contribution in [3.8, 4) is 0 Å². The van der Waals surface area contributed by atoms with Crippen LogP contribution in [0.3, 0.4) is 0 Å². The van der Waals surface area contributed by atoms with E-state index in [9.17, 15) is 14.6 Å².